The number of nitrogens with one attached hydrogen (secondary N) is 1. The quantitative estimate of drug-likeness (QED) is 0.644. The van der Waals surface area contributed by atoms with E-state index in [0.29, 0.717) is 22.9 Å². The van der Waals surface area contributed by atoms with Crippen molar-refractivity contribution in [2.45, 2.75) is 31.0 Å². The Kier molecular flexibility index (Phi) is 6.01. The van der Waals surface area contributed by atoms with E-state index in [9.17, 15) is 4.79 Å². The Morgan fingerprint density at radius 3 is 2.81 bits per heavy atom. The summed E-state index contributed by atoms with van der Waals surface area (Å²) in [6, 6.07) is 7.45. The zero-order valence-electron chi connectivity index (χ0n) is 14.7. The summed E-state index contributed by atoms with van der Waals surface area (Å²) < 4.78 is 5.19. The molecule has 3 aromatic heterocycles. The van der Waals surface area contributed by atoms with Gasteiger partial charge in [-0.05, 0) is 44.0 Å². The lowest BCUT2D eigenvalue weighted by atomic mass is 10.2. The second-order valence-corrected chi connectivity index (χ2v) is 6.78. The molecule has 0 aliphatic heterocycles. The third-order valence-electron chi connectivity index (χ3n) is 3.97. The standard InChI is InChI=1S/C19H20N4O2S/c1-13-17(14(2)25-23-13)12-26-19-16(6-4-9-22-19)18(24)21-10-7-15-5-3-8-20-11-15/h3-6,8-9,11H,7,10,12H2,1-2H3,(H,21,24). The van der Waals surface area contributed by atoms with Crippen LogP contribution in [-0.2, 0) is 12.2 Å². The van der Waals surface area contributed by atoms with Gasteiger partial charge in [-0.15, -0.1) is 11.8 Å². The van der Waals surface area contributed by atoms with E-state index >= 15 is 0 Å². The highest BCUT2D eigenvalue weighted by molar-refractivity contribution is 7.98. The van der Waals surface area contributed by atoms with Crippen LogP contribution in [0.25, 0.3) is 0 Å². The molecule has 0 spiro atoms. The second-order valence-electron chi connectivity index (χ2n) is 5.81. The molecular weight excluding hydrogens is 348 g/mol. The maximum absolute atomic E-state index is 12.5. The zero-order valence-corrected chi connectivity index (χ0v) is 15.5. The minimum absolute atomic E-state index is 0.122. The van der Waals surface area contributed by atoms with Crippen molar-refractivity contribution in [2.75, 3.05) is 6.54 Å². The molecule has 0 aliphatic rings. The average Bonchev–Trinajstić information content (AvgIpc) is 2.99. The van der Waals surface area contributed by atoms with Crippen molar-refractivity contribution in [3.63, 3.8) is 0 Å². The van der Waals surface area contributed by atoms with Crippen molar-refractivity contribution < 1.29 is 9.32 Å². The summed E-state index contributed by atoms with van der Waals surface area (Å²) >= 11 is 1.51. The van der Waals surface area contributed by atoms with Crippen LogP contribution in [0.3, 0.4) is 0 Å². The number of thioether (sulfide) groups is 1. The molecule has 6 nitrogen and oxygen atoms in total. The van der Waals surface area contributed by atoms with Gasteiger partial charge in [0.1, 0.15) is 10.8 Å². The number of aryl methyl sites for hydroxylation is 2. The summed E-state index contributed by atoms with van der Waals surface area (Å²) in [6.45, 7) is 4.35. The third-order valence-corrected chi connectivity index (χ3v) is 5.00. The highest BCUT2D eigenvalue weighted by atomic mass is 32.2. The van der Waals surface area contributed by atoms with Crippen LogP contribution in [0, 0.1) is 13.8 Å². The number of pyridine rings is 2. The SMILES string of the molecule is Cc1noc(C)c1CSc1ncccc1C(=O)NCCc1cccnc1. The van der Waals surface area contributed by atoms with Gasteiger partial charge in [-0.2, -0.15) is 0 Å². The molecule has 3 aromatic rings. The molecule has 0 radical (unpaired) electrons. The van der Waals surface area contributed by atoms with Crippen LogP contribution < -0.4 is 5.32 Å². The molecule has 0 unspecified atom stereocenters. The van der Waals surface area contributed by atoms with Gasteiger partial charge >= 0.3 is 0 Å². The van der Waals surface area contributed by atoms with Crippen LogP contribution in [-0.4, -0.2) is 27.6 Å². The predicted octanol–water partition coefficient (Wildman–Crippen LogP) is 3.35. The molecule has 1 N–H and O–H groups in total. The fourth-order valence-corrected chi connectivity index (χ4v) is 3.63. The molecule has 0 atom stereocenters. The number of aromatic nitrogens is 3. The Labute approximate surface area is 156 Å². The van der Waals surface area contributed by atoms with Crippen LogP contribution in [0.1, 0.15) is 32.9 Å². The monoisotopic (exact) mass is 368 g/mol. The molecule has 0 fully saturated rings. The van der Waals surface area contributed by atoms with Gasteiger partial charge in [-0.1, -0.05) is 11.2 Å². The Bertz CT molecular complexity index is 861. The molecule has 0 bridgehead atoms. The van der Waals surface area contributed by atoms with Gasteiger partial charge in [0.25, 0.3) is 5.91 Å². The molecule has 1 amide bonds. The summed E-state index contributed by atoms with van der Waals surface area (Å²) in [5.74, 6) is 1.34. The van der Waals surface area contributed by atoms with Crippen LogP contribution in [0.4, 0.5) is 0 Å². The number of carbonyl (C=O) groups is 1. The van der Waals surface area contributed by atoms with E-state index in [1.54, 1.807) is 30.7 Å². The lowest BCUT2D eigenvalue weighted by Crippen LogP contribution is -2.26. The van der Waals surface area contributed by atoms with E-state index in [0.717, 1.165) is 29.0 Å². The Hall–Kier alpha value is -2.67. The molecule has 0 saturated heterocycles. The molecule has 7 heteroatoms. The smallest absolute Gasteiger partial charge is 0.254 e. The first-order chi connectivity index (χ1) is 12.6. The van der Waals surface area contributed by atoms with Crippen molar-refractivity contribution >= 4 is 17.7 Å². The lowest BCUT2D eigenvalue weighted by Gasteiger charge is -2.09. The summed E-state index contributed by atoms with van der Waals surface area (Å²) in [4.78, 5) is 21.0. The van der Waals surface area contributed by atoms with E-state index < -0.39 is 0 Å². The number of rotatable bonds is 7. The van der Waals surface area contributed by atoms with Crippen molar-refractivity contribution in [2.24, 2.45) is 0 Å². The summed E-state index contributed by atoms with van der Waals surface area (Å²) in [7, 11) is 0. The first-order valence-corrected chi connectivity index (χ1v) is 9.30. The maximum Gasteiger partial charge on any atom is 0.254 e. The largest absolute Gasteiger partial charge is 0.361 e. The molecule has 3 heterocycles. The molecule has 134 valence electrons. The van der Waals surface area contributed by atoms with Crippen LogP contribution in [0.2, 0.25) is 0 Å². The second kappa shape index (κ2) is 8.62. The number of hydrogen-bond acceptors (Lipinski definition) is 6. The molecule has 0 aliphatic carbocycles. The van der Waals surface area contributed by atoms with Gasteiger partial charge in [0.05, 0.1) is 11.3 Å². The molecule has 0 saturated carbocycles. The Balaban J connectivity index is 1.61. The van der Waals surface area contributed by atoms with Gasteiger partial charge in [0.2, 0.25) is 0 Å². The number of hydrogen-bond donors (Lipinski definition) is 1. The topological polar surface area (TPSA) is 80.9 Å². The van der Waals surface area contributed by atoms with Crippen LogP contribution in [0.15, 0.2) is 52.4 Å². The number of nitrogens with zero attached hydrogens (tertiary/aromatic N) is 3. The fraction of sp³-hybridized carbons (Fsp3) is 0.263. The van der Waals surface area contributed by atoms with Gasteiger partial charge in [0.15, 0.2) is 0 Å². The van der Waals surface area contributed by atoms with E-state index in [1.165, 1.54) is 11.8 Å². The van der Waals surface area contributed by atoms with Crippen molar-refractivity contribution in [3.8, 4) is 0 Å². The van der Waals surface area contributed by atoms with Crippen LogP contribution >= 0.6 is 11.8 Å². The van der Waals surface area contributed by atoms with Gasteiger partial charge < -0.3 is 9.84 Å². The summed E-state index contributed by atoms with van der Waals surface area (Å²) in [5, 5.41) is 7.62. The maximum atomic E-state index is 12.5. The summed E-state index contributed by atoms with van der Waals surface area (Å²) in [6.07, 6.45) is 5.98. The predicted molar refractivity (Wildman–Crippen MR) is 100 cm³/mol. The van der Waals surface area contributed by atoms with E-state index in [1.807, 2.05) is 26.0 Å². The summed E-state index contributed by atoms with van der Waals surface area (Å²) in [5.41, 5.74) is 3.58. The first kappa shape index (κ1) is 18.1. The van der Waals surface area contributed by atoms with Crippen LogP contribution in [0.5, 0.6) is 0 Å². The minimum atomic E-state index is -0.122. The molecular formula is C19H20N4O2S. The minimum Gasteiger partial charge on any atom is -0.361 e. The molecule has 3 rings (SSSR count). The zero-order chi connectivity index (χ0) is 18.4. The van der Waals surface area contributed by atoms with E-state index in [2.05, 4.69) is 20.4 Å². The van der Waals surface area contributed by atoms with Crippen molar-refractivity contribution in [1.82, 2.24) is 20.4 Å². The van der Waals surface area contributed by atoms with Crippen molar-refractivity contribution in [3.05, 3.63) is 71.0 Å². The Morgan fingerprint density at radius 1 is 1.23 bits per heavy atom. The normalized spacial score (nSPS) is 10.7. The molecule has 0 aromatic carbocycles. The van der Waals surface area contributed by atoms with Gasteiger partial charge in [0, 0.05) is 36.5 Å². The van der Waals surface area contributed by atoms with E-state index in [4.69, 9.17) is 4.52 Å². The highest BCUT2D eigenvalue weighted by Gasteiger charge is 2.15. The fourth-order valence-electron chi connectivity index (χ4n) is 2.49. The first-order valence-electron chi connectivity index (χ1n) is 8.32. The average molecular weight is 368 g/mol. The number of amides is 1. The number of carbonyl (C=O) groups excluding carboxylic acids is 1. The molecule has 26 heavy (non-hydrogen) atoms. The lowest BCUT2D eigenvalue weighted by molar-refractivity contribution is 0.0950. The van der Waals surface area contributed by atoms with Gasteiger partial charge in [-0.3, -0.25) is 9.78 Å². The van der Waals surface area contributed by atoms with E-state index in [-0.39, 0.29) is 5.91 Å². The highest BCUT2D eigenvalue weighted by Crippen LogP contribution is 2.27. The third kappa shape index (κ3) is 4.49. The van der Waals surface area contributed by atoms with Gasteiger partial charge in [-0.25, -0.2) is 4.98 Å². The van der Waals surface area contributed by atoms with Crippen molar-refractivity contribution in [1.29, 1.82) is 0 Å². The Morgan fingerprint density at radius 2 is 2.08 bits per heavy atom.